The Hall–Kier alpha value is -2.08. The number of nitrogens with one attached hydrogen (secondary N) is 2. The molecule has 0 radical (unpaired) electrons. The minimum absolute atomic E-state index is 0.000605. The maximum absolute atomic E-state index is 12.6. The Morgan fingerprint density at radius 2 is 2.00 bits per heavy atom. The predicted octanol–water partition coefficient (Wildman–Crippen LogP) is 2.07. The lowest BCUT2D eigenvalue weighted by Crippen LogP contribution is -2.52. The highest BCUT2D eigenvalue weighted by Gasteiger charge is 2.32. The summed E-state index contributed by atoms with van der Waals surface area (Å²) in [5.74, 6) is -0.155. The SMILES string of the molecule is COCCNC(=O)C1CCC(C)N(C(=O)NCc2ccccc2C)C1. The number of carbonyl (C=O) groups is 2. The summed E-state index contributed by atoms with van der Waals surface area (Å²) in [4.78, 5) is 26.6. The van der Waals surface area contributed by atoms with Gasteiger partial charge in [-0.1, -0.05) is 24.3 Å². The lowest BCUT2D eigenvalue weighted by atomic mass is 9.93. The molecule has 0 bridgehead atoms. The topological polar surface area (TPSA) is 70.7 Å². The molecule has 1 aromatic carbocycles. The first kappa shape index (κ1) is 19.2. The van der Waals surface area contributed by atoms with E-state index in [0.717, 1.165) is 24.0 Å². The summed E-state index contributed by atoms with van der Waals surface area (Å²) in [5.41, 5.74) is 2.26. The highest BCUT2D eigenvalue weighted by atomic mass is 16.5. The van der Waals surface area contributed by atoms with Crippen LogP contribution in [0, 0.1) is 12.8 Å². The first-order chi connectivity index (χ1) is 12.0. The van der Waals surface area contributed by atoms with Crippen molar-refractivity contribution in [1.29, 1.82) is 0 Å². The predicted molar refractivity (Wildman–Crippen MR) is 97.2 cm³/mol. The van der Waals surface area contributed by atoms with Crippen LogP contribution in [-0.4, -0.2) is 49.7 Å². The van der Waals surface area contributed by atoms with Gasteiger partial charge < -0.3 is 20.3 Å². The second-order valence-corrected chi connectivity index (χ2v) is 6.64. The van der Waals surface area contributed by atoms with Gasteiger partial charge in [-0.2, -0.15) is 0 Å². The Morgan fingerprint density at radius 1 is 1.24 bits per heavy atom. The molecule has 2 atom stereocenters. The molecule has 0 spiro atoms. The molecule has 0 aliphatic carbocycles. The molecule has 138 valence electrons. The van der Waals surface area contributed by atoms with Gasteiger partial charge in [0.05, 0.1) is 12.5 Å². The fraction of sp³-hybridized carbons (Fsp3) is 0.579. The number of hydrogen-bond acceptors (Lipinski definition) is 3. The van der Waals surface area contributed by atoms with Gasteiger partial charge in [-0.25, -0.2) is 4.79 Å². The second kappa shape index (κ2) is 9.42. The summed E-state index contributed by atoms with van der Waals surface area (Å²) >= 11 is 0. The van der Waals surface area contributed by atoms with Crippen LogP contribution in [0.5, 0.6) is 0 Å². The highest BCUT2D eigenvalue weighted by Crippen LogP contribution is 2.22. The molecule has 0 aromatic heterocycles. The van der Waals surface area contributed by atoms with Crippen LogP contribution in [0.3, 0.4) is 0 Å². The molecule has 6 heteroatoms. The van der Waals surface area contributed by atoms with E-state index >= 15 is 0 Å². The van der Waals surface area contributed by atoms with E-state index in [0.29, 0.717) is 26.2 Å². The number of ether oxygens (including phenoxy) is 1. The maximum atomic E-state index is 12.6. The fourth-order valence-electron chi connectivity index (χ4n) is 3.11. The van der Waals surface area contributed by atoms with Crippen LogP contribution >= 0.6 is 0 Å². The van der Waals surface area contributed by atoms with Gasteiger partial charge in [0, 0.05) is 32.8 Å². The van der Waals surface area contributed by atoms with E-state index in [1.54, 1.807) is 12.0 Å². The van der Waals surface area contributed by atoms with E-state index in [1.165, 1.54) is 0 Å². The van der Waals surface area contributed by atoms with Gasteiger partial charge in [0.2, 0.25) is 5.91 Å². The van der Waals surface area contributed by atoms with Crippen LogP contribution in [0.4, 0.5) is 4.79 Å². The van der Waals surface area contributed by atoms with Crippen LogP contribution in [0.15, 0.2) is 24.3 Å². The fourth-order valence-corrected chi connectivity index (χ4v) is 3.11. The molecule has 2 N–H and O–H groups in total. The van der Waals surface area contributed by atoms with E-state index < -0.39 is 0 Å². The molecule has 1 fully saturated rings. The van der Waals surface area contributed by atoms with E-state index in [9.17, 15) is 9.59 Å². The smallest absolute Gasteiger partial charge is 0.317 e. The van der Waals surface area contributed by atoms with Crippen molar-refractivity contribution in [2.45, 2.75) is 39.3 Å². The zero-order valence-corrected chi connectivity index (χ0v) is 15.4. The van der Waals surface area contributed by atoms with Gasteiger partial charge in [0.25, 0.3) is 0 Å². The van der Waals surface area contributed by atoms with Gasteiger partial charge in [-0.3, -0.25) is 4.79 Å². The van der Waals surface area contributed by atoms with Gasteiger partial charge in [-0.05, 0) is 37.8 Å². The number of rotatable bonds is 6. The van der Waals surface area contributed by atoms with Crippen molar-refractivity contribution in [2.75, 3.05) is 26.8 Å². The van der Waals surface area contributed by atoms with Crippen molar-refractivity contribution < 1.29 is 14.3 Å². The number of urea groups is 1. The zero-order valence-electron chi connectivity index (χ0n) is 15.4. The minimum atomic E-state index is -0.155. The molecule has 1 aliphatic rings. The van der Waals surface area contributed by atoms with Crippen LogP contribution in [-0.2, 0) is 16.1 Å². The number of piperidine rings is 1. The third kappa shape index (κ3) is 5.46. The third-order valence-corrected chi connectivity index (χ3v) is 4.81. The Bertz CT molecular complexity index is 591. The second-order valence-electron chi connectivity index (χ2n) is 6.64. The summed E-state index contributed by atoms with van der Waals surface area (Å²) in [7, 11) is 1.61. The first-order valence-electron chi connectivity index (χ1n) is 8.88. The Labute approximate surface area is 149 Å². The summed E-state index contributed by atoms with van der Waals surface area (Å²) in [6.45, 7) is 6.02. The molecule has 1 aromatic rings. The van der Waals surface area contributed by atoms with Gasteiger partial charge in [0.15, 0.2) is 0 Å². The minimum Gasteiger partial charge on any atom is -0.383 e. The highest BCUT2D eigenvalue weighted by molar-refractivity contribution is 5.81. The number of methoxy groups -OCH3 is 1. The van der Waals surface area contributed by atoms with Crippen molar-refractivity contribution >= 4 is 11.9 Å². The van der Waals surface area contributed by atoms with Crippen LogP contribution in [0.25, 0.3) is 0 Å². The first-order valence-corrected chi connectivity index (χ1v) is 8.88. The molecule has 6 nitrogen and oxygen atoms in total. The Kier molecular flexibility index (Phi) is 7.25. The average Bonchev–Trinajstić information content (AvgIpc) is 2.61. The van der Waals surface area contributed by atoms with E-state index in [-0.39, 0.29) is 23.9 Å². The summed E-state index contributed by atoms with van der Waals surface area (Å²) in [5, 5.41) is 5.86. The van der Waals surface area contributed by atoms with Crippen molar-refractivity contribution in [2.24, 2.45) is 5.92 Å². The summed E-state index contributed by atoms with van der Waals surface area (Å²) < 4.78 is 4.95. The van der Waals surface area contributed by atoms with Gasteiger partial charge >= 0.3 is 6.03 Å². The van der Waals surface area contributed by atoms with Crippen molar-refractivity contribution in [3.8, 4) is 0 Å². The number of amides is 3. The zero-order chi connectivity index (χ0) is 18.2. The average molecular weight is 347 g/mol. The van der Waals surface area contributed by atoms with E-state index in [4.69, 9.17) is 4.74 Å². The van der Waals surface area contributed by atoms with E-state index in [2.05, 4.69) is 10.6 Å². The Morgan fingerprint density at radius 3 is 2.72 bits per heavy atom. The molecule has 2 rings (SSSR count). The number of hydrogen-bond donors (Lipinski definition) is 2. The van der Waals surface area contributed by atoms with Crippen molar-refractivity contribution in [3.05, 3.63) is 35.4 Å². The molecular weight excluding hydrogens is 318 g/mol. The number of nitrogens with zero attached hydrogens (tertiary/aromatic N) is 1. The lowest BCUT2D eigenvalue weighted by Gasteiger charge is -2.37. The van der Waals surface area contributed by atoms with Crippen LogP contribution in [0.1, 0.15) is 30.9 Å². The monoisotopic (exact) mass is 347 g/mol. The molecule has 2 unspecified atom stereocenters. The lowest BCUT2D eigenvalue weighted by molar-refractivity contribution is -0.126. The molecule has 1 aliphatic heterocycles. The van der Waals surface area contributed by atoms with Gasteiger partial charge in [-0.15, -0.1) is 0 Å². The normalized spacial score (nSPS) is 20.2. The van der Waals surface area contributed by atoms with Crippen LogP contribution in [0.2, 0.25) is 0 Å². The molecule has 1 saturated heterocycles. The number of aryl methyl sites for hydroxylation is 1. The number of likely N-dealkylation sites (tertiary alicyclic amines) is 1. The van der Waals surface area contributed by atoms with Crippen LogP contribution < -0.4 is 10.6 Å². The summed E-state index contributed by atoms with van der Waals surface area (Å²) in [6, 6.07) is 8.04. The van der Waals surface area contributed by atoms with Gasteiger partial charge in [0.1, 0.15) is 0 Å². The van der Waals surface area contributed by atoms with E-state index in [1.807, 2.05) is 38.1 Å². The largest absolute Gasteiger partial charge is 0.383 e. The number of carbonyl (C=O) groups excluding carboxylic acids is 2. The quantitative estimate of drug-likeness (QED) is 0.774. The number of benzene rings is 1. The maximum Gasteiger partial charge on any atom is 0.317 e. The molecule has 25 heavy (non-hydrogen) atoms. The van der Waals surface area contributed by atoms with Crippen molar-refractivity contribution in [3.63, 3.8) is 0 Å². The summed E-state index contributed by atoms with van der Waals surface area (Å²) in [6.07, 6.45) is 1.64. The molecule has 0 saturated carbocycles. The standard InChI is InChI=1S/C19H29N3O3/c1-14-6-4-5-7-16(14)12-21-19(24)22-13-17(9-8-15(22)2)18(23)20-10-11-25-3/h4-7,15,17H,8-13H2,1-3H3,(H,20,23)(H,21,24). The Balaban J connectivity index is 1.89. The molecular formula is C19H29N3O3. The van der Waals surface area contributed by atoms with Crippen molar-refractivity contribution in [1.82, 2.24) is 15.5 Å². The third-order valence-electron chi connectivity index (χ3n) is 4.81. The molecule has 1 heterocycles. The molecule has 3 amide bonds.